The van der Waals surface area contributed by atoms with Gasteiger partial charge in [-0.1, -0.05) is 34.1 Å². The normalized spacial score (nSPS) is 11.6. The van der Waals surface area contributed by atoms with Gasteiger partial charge in [0.25, 0.3) is 0 Å². The minimum Gasteiger partial charge on any atom is -0.348 e. The fourth-order valence-electron chi connectivity index (χ4n) is 1.38. The van der Waals surface area contributed by atoms with Gasteiger partial charge in [0, 0.05) is 18.6 Å². The van der Waals surface area contributed by atoms with Gasteiger partial charge in [-0.25, -0.2) is 0 Å². The molecule has 0 bridgehead atoms. The van der Waals surface area contributed by atoms with E-state index in [0.717, 1.165) is 10.0 Å². The van der Waals surface area contributed by atoms with Crippen LogP contribution in [0.3, 0.4) is 0 Å². The monoisotopic (exact) mass is 280 g/mol. The van der Waals surface area contributed by atoms with Crippen molar-refractivity contribution in [2.75, 3.05) is 14.1 Å². The molecule has 1 atom stereocenters. The lowest BCUT2D eigenvalue weighted by Gasteiger charge is -2.15. The molecule has 0 aliphatic heterocycles. The molecule has 4 heteroatoms. The van der Waals surface area contributed by atoms with Crippen LogP contribution >= 0.6 is 15.9 Å². The SMILES string of the molecule is CN(C)C(=O)C(C#N)Cc1ccccc1Br. The molecule has 0 N–H and O–H groups in total. The topological polar surface area (TPSA) is 44.1 Å². The van der Waals surface area contributed by atoms with E-state index in [4.69, 9.17) is 5.26 Å². The molecule has 0 aliphatic carbocycles. The molecule has 1 aromatic carbocycles. The molecule has 16 heavy (non-hydrogen) atoms. The number of benzene rings is 1. The summed E-state index contributed by atoms with van der Waals surface area (Å²) in [7, 11) is 3.32. The highest BCUT2D eigenvalue weighted by Crippen LogP contribution is 2.19. The molecule has 0 spiro atoms. The van der Waals surface area contributed by atoms with Crippen LogP contribution in [0, 0.1) is 17.2 Å². The summed E-state index contributed by atoms with van der Waals surface area (Å²) in [6.45, 7) is 0. The standard InChI is InChI=1S/C12H13BrN2O/c1-15(2)12(16)10(8-14)7-9-5-3-4-6-11(9)13/h3-6,10H,7H2,1-2H3. The molecule has 1 rings (SSSR count). The lowest BCUT2D eigenvalue weighted by atomic mass is 9.99. The molecule has 1 unspecified atom stereocenters. The van der Waals surface area contributed by atoms with Crippen LogP contribution < -0.4 is 0 Å². The molecular weight excluding hydrogens is 268 g/mol. The lowest BCUT2D eigenvalue weighted by molar-refractivity contribution is -0.131. The van der Waals surface area contributed by atoms with Crippen molar-refractivity contribution in [3.8, 4) is 6.07 Å². The summed E-state index contributed by atoms with van der Waals surface area (Å²) in [5, 5.41) is 8.98. The largest absolute Gasteiger partial charge is 0.348 e. The van der Waals surface area contributed by atoms with Crippen molar-refractivity contribution in [2.45, 2.75) is 6.42 Å². The fourth-order valence-corrected chi connectivity index (χ4v) is 1.83. The molecule has 84 valence electrons. The number of nitrogens with zero attached hydrogens (tertiary/aromatic N) is 2. The Kier molecular flexibility index (Phi) is 4.51. The lowest BCUT2D eigenvalue weighted by Crippen LogP contribution is -2.30. The van der Waals surface area contributed by atoms with Crippen molar-refractivity contribution in [1.29, 1.82) is 5.26 Å². The van der Waals surface area contributed by atoms with E-state index >= 15 is 0 Å². The molecule has 1 aromatic rings. The number of amides is 1. The van der Waals surface area contributed by atoms with Crippen molar-refractivity contribution >= 4 is 21.8 Å². The predicted molar refractivity (Wildman–Crippen MR) is 65.6 cm³/mol. The third kappa shape index (κ3) is 3.07. The minimum atomic E-state index is -0.617. The molecule has 3 nitrogen and oxygen atoms in total. The van der Waals surface area contributed by atoms with E-state index in [9.17, 15) is 4.79 Å². The van der Waals surface area contributed by atoms with Crippen molar-refractivity contribution in [3.05, 3.63) is 34.3 Å². The van der Waals surface area contributed by atoms with Gasteiger partial charge in [-0.2, -0.15) is 5.26 Å². The molecule has 0 heterocycles. The van der Waals surface area contributed by atoms with Crippen LogP contribution in [0.2, 0.25) is 0 Å². The Morgan fingerprint density at radius 2 is 2.12 bits per heavy atom. The van der Waals surface area contributed by atoms with E-state index in [1.54, 1.807) is 14.1 Å². The predicted octanol–water partition coefficient (Wildman–Crippen LogP) is 2.22. The van der Waals surface area contributed by atoms with Crippen LogP contribution in [0.1, 0.15) is 5.56 Å². The number of carbonyl (C=O) groups is 1. The Labute approximate surface area is 104 Å². The Bertz CT molecular complexity index is 423. The minimum absolute atomic E-state index is 0.154. The van der Waals surface area contributed by atoms with Crippen LogP contribution in [0.4, 0.5) is 0 Å². The van der Waals surface area contributed by atoms with Crippen LogP contribution in [0.25, 0.3) is 0 Å². The maximum atomic E-state index is 11.7. The second-order valence-corrected chi connectivity index (χ2v) is 4.56. The number of nitriles is 1. The summed E-state index contributed by atoms with van der Waals surface area (Å²) < 4.78 is 0.932. The van der Waals surface area contributed by atoms with E-state index in [1.807, 2.05) is 30.3 Å². The second kappa shape index (κ2) is 5.66. The number of rotatable bonds is 3. The van der Waals surface area contributed by atoms with Gasteiger partial charge in [-0.3, -0.25) is 4.79 Å². The maximum absolute atomic E-state index is 11.7. The number of hydrogen-bond donors (Lipinski definition) is 0. The summed E-state index contributed by atoms with van der Waals surface area (Å²) in [4.78, 5) is 13.1. The van der Waals surface area contributed by atoms with E-state index in [0.29, 0.717) is 6.42 Å². The highest BCUT2D eigenvalue weighted by Gasteiger charge is 2.20. The smallest absolute Gasteiger partial charge is 0.239 e. The van der Waals surface area contributed by atoms with Crippen molar-refractivity contribution in [3.63, 3.8) is 0 Å². The van der Waals surface area contributed by atoms with E-state index < -0.39 is 5.92 Å². The van der Waals surface area contributed by atoms with E-state index in [2.05, 4.69) is 15.9 Å². The number of hydrogen-bond acceptors (Lipinski definition) is 2. The van der Waals surface area contributed by atoms with Gasteiger partial charge in [0.1, 0.15) is 5.92 Å². The Morgan fingerprint density at radius 3 is 2.62 bits per heavy atom. The summed E-state index contributed by atoms with van der Waals surface area (Å²) in [5.74, 6) is -0.771. The number of halogens is 1. The highest BCUT2D eigenvalue weighted by molar-refractivity contribution is 9.10. The van der Waals surface area contributed by atoms with Gasteiger partial charge in [-0.05, 0) is 18.1 Å². The molecule has 1 amide bonds. The average Bonchev–Trinajstić information content (AvgIpc) is 2.27. The Balaban J connectivity index is 2.84. The van der Waals surface area contributed by atoms with Gasteiger partial charge < -0.3 is 4.90 Å². The van der Waals surface area contributed by atoms with Gasteiger partial charge >= 0.3 is 0 Å². The summed E-state index contributed by atoms with van der Waals surface area (Å²) in [6, 6.07) is 9.67. The summed E-state index contributed by atoms with van der Waals surface area (Å²) in [5.41, 5.74) is 0.976. The number of carbonyl (C=O) groups excluding carboxylic acids is 1. The van der Waals surface area contributed by atoms with Crippen LogP contribution in [0.5, 0.6) is 0 Å². The zero-order chi connectivity index (χ0) is 12.1. The van der Waals surface area contributed by atoms with Crippen molar-refractivity contribution in [1.82, 2.24) is 4.90 Å². The first-order valence-corrected chi connectivity index (χ1v) is 5.69. The third-order valence-electron chi connectivity index (χ3n) is 2.28. The molecular formula is C12H13BrN2O. The summed E-state index contributed by atoms with van der Waals surface area (Å²) >= 11 is 3.41. The van der Waals surface area contributed by atoms with Crippen LogP contribution in [-0.2, 0) is 11.2 Å². The zero-order valence-electron chi connectivity index (χ0n) is 9.27. The second-order valence-electron chi connectivity index (χ2n) is 3.71. The van der Waals surface area contributed by atoms with E-state index in [1.165, 1.54) is 4.90 Å². The maximum Gasteiger partial charge on any atom is 0.239 e. The quantitative estimate of drug-likeness (QED) is 0.852. The molecule has 0 radical (unpaired) electrons. The van der Waals surface area contributed by atoms with Crippen molar-refractivity contribution < 1.29 is 4.79 Å². The van der Waals surface area contributed by atoms with Gasteiger partial charge in [0.05, 0.1) is 6.07 Å². The first kappa shape index (κ1) is 12.7. The van der Waals surface area contributed by atoms with Crippen LogP contribution in [0.15, 0.2) is 28.7 Å². The molecule has 0 aliphatic rings. The Morgan fingerprint density at radius 1 is 1.50 bits per heavy atom. The van der Waals surface area contributed by atoms with Gasteiger partial charge in [0.15, 0.2) is 0 Å². The fraction of sp³-hybridized carbons (Fsp3) is 0.333. The molecule has 0 saturated carbocycles. The summed E-state index contributed by atoms with van der Waals surface area (Å²) in [6.07, 6.45) is 0.439. The first-order valence-electron chi connectivity index (χ1n) is 4.90. The molecule has 0 aromatic heterocycles. The van der Waals surface area contributed by atoms with Gasteiger partial charge in [-0.15, -0.1) is 0 Å². The van der Waals surface area contributed by atoms with E-state index in [-0.39, 0.29) is 5.91 Å². The third-order valence-corrected chi connectivity index (χ3v) is 3.05. The Hall–Kier alpha value is -1.34. The molecule has 0 saturated heterocycles. The van der Waals surface area contributed by atoms with Gasteiger partial charge in [0.2, 0.25) is 5.91 Å². The van der Waals surface area contributed by atoms with Crippen molar-refractivity contribution in [2.24, 2.45) is 5.92 Å². The van der Waals surface area contributed by atoms with Crippen LogP contribution in [-0.4, -0.2) is 24.9 Å². The highest BCUT2D eigenvalue weighted by atomic mass is 79.9. The zero-order valence-corrected chi connectivity index (χ0v) is 10.9. The molecule has 0 fully saturated rings. The average molecular weight is 281 g/mol. The first-order chi connectivity index (χ1) is 7.56.